The summed E-state index contributed by atoms with van der Waals surface area (Å²) in [4.78, 5) is 29.0. The maximum absolute atomic E-state index is 13.7. The highest BCUT2D eigenvalue weighted by Crippen LogP contribution is 2.28. The van der Waals surface area contributed by atoms with Crippen molar-refractivity contribution in [2.45, 2.75) is 6.54 Å². The number of ether oxygens (including phenoxy) is 2. The molecular weight excluding hydrogens is 502 g/mol. The quantitative estimate of drug-likeness (QED) is 0.340. The number of para-hydroxylation sites is 1. The van der Waals surface area contributed by atoms with Gasteiger partial charge in [0.15, 0.2) is 5.43 Å². The van der Waals surface area contributed by atoms with Crippen LogP contribution in [0.5, 0.6) is 0 Å². The van der Waals surface area contributed by atoms with Gasteiger partial charge in [0, 0.05) is 52.5 Å². The van der Waals surface area contributed by atoms with E-state index in [1.807, 2.05) is 47.0 Å². The van der Waals surface area contributed by atoms with Crippen molar-refractivity contribution in [3.05, 3.63) is 111 Å². The molecule has 1 fully saturated rings. The number of aromatic nitrogens is 1. The predicted molar refractivity (Wildman–Crippen MR) is 151 cm³/mol. The summed E-state index contributed by atoms with van der Waals surface area (Å²) in [6.45, 7) is 7.07. The van der Waals surface area contributed by atoms with Crippen molar-refractivity contribution in [3.63, 3.8) is 0 Å². The normalized spacial score (nSPS) is 13.4. The third-order valence-corrected chi connectivity index (χ3v) is 6.92. The summed E-state index contributed by atoms with van der Waals surface area (Å²) in [7, 11) is 1.50. The zero-order chi connectivity index (χ0) is 26.6. The first kappa shape index (κ1) is 25.6. The highest BCUT2D eigenvalue weighted by atomic mass is 35.5. The Labute approximate surface area is 225 Å². The molecule has 8 heteroatoms. The van der Waals surface area contributed by atoms with E-state index in [1.54, 1.807) is 30.3 Å². The molecule has 1 aliphatic heterocycles. The van der Waals surface area contributed by atoms with Crippen LogP contribution in [0, 0.1) is 0 Å². The van der Waals surface area contributed by atoms with E-state index in [-0.39, 0.29) is 17.9 Å². The lowest BCUT2D eigenvalue weighted by Gasteiger charge is -2.28. The average Bonchev–Trinajstić information content (AvgIpc) is 2.96. The molecule has 1 aromatic heterocycles. The number of halogens is 1. The summed E-state index contributed by atoms with van der Waals surface area (Å²) < 4.78 is 12.8. The zero-order valence-electron chi connectivity index (χ0n) is 21.1. The van der Waals surface area contributed by atoms with Crippen LogP contribution >= 0.6 is 11.6 Å². The van der Waals surface area contributed by atoms with Crippen LogP contribution in [0.25, 0.3) is 22.3 Å². The molecule has 38 heavy (non-hydrogen) atoms. The maximum Gasteiger partial charge on any atom is 0.251 e. The van der Waals surface area contributed by atoms with Gasteiger partial charge in [-0.1, -0.05) is 36.4 Å². The molecule has 1 aliphatic rings. The molecule has 0 saturated carbocycles. The van der Waals surface area contributed by atoms with Crippen molar-refractivity contribution < 1.29 is 14.3 Å². The minimum absolute atomic E-state index is 0.00794. The molecule has 2 heterocycles. The molecule has 1 N–H and O–H groups in total. The third-order valence-electron chi connectivity index (χ3n) is 6.69. The number of carbonyl (C=O) groups excluding carboxylic acids is 1. The van der Waals surface area contributed by atoms with Crippen LogP contribution in [0.15, 0.2) is 84.2 Å². The minimum Gasteiger partial charge on any atom is -0.495 e. The van der Waals surface area contributed by atoms with E-state index in [1.165, 1.54) is 7.11 Å². The lowest BCUT2D eigenvalue weighted by atomic mass is 10.0. The van der Waals surface area contributed by atoms with E-state index < -0.39 is 0 Å². The second-order valence-corrected chi connectivity index (χ2v) is 9.38. The summed E-state index contributed by atoms with van der Waals surface area (Å²) in [6, 6.07) is 22.2. The molecule has 194 valence electrons. The Bertz CT molecular complexity index is 1540. The smallest absolute Gasteiger partial charge is 0.251 e. The second kappa shape index (κ2) is 11.1. The van der Waals surface area contributed by atoms with Crippen molar-refractivity contribution in [3.8, 4) is 5.69 Å². The average molecular weight is 530 g/mol. The molecule has 4 aromatic rings. The van der Waals surface area contributed by atoms with Gasteiger partial charge in [-0.15, -0.1) is 0 Å². The number of rotatable bonds is 7. The van der Waals surface area contributed by atoms with Crippen molar-refractivity contribution in [2.75, 3.05) is 38.3 Å². The number of morpholine rings is 1. The Kier molecular flexibility index (Phi) is 7.49. The lowest BCUT2D eigenvalue weighted by molar-refractivity contribution is 0.0950. The molecule has 7 nitrogen and oxygen atoms in total. The number of pyridine rings is 1. The minimum atomic E-state index is -0.283. The Morgan fingerprint density at radius 1 is 1.03 bits per heavy atom. The van der Waals surface area contributed by atoms with E-state index in [9.17, 15) is 9.59 Å². The zero-order valence-corrected chi connectivity index (χ0v) is 21.8. The van der Waals surface area contributed by atoms with E-state index >= 15 is 0 Å². The van der Waals surface area contributed by atoms with Crippen molar-refractivity contribution in [2.24, 2.45) is 0 Å². The van der Waals surface area contributed by atoms with Crippen molar-refractivity contribution >= 4 is 39.9 Å². The Hall–Kier alpha value is -4.07. The SMILES string of the molecule is C=C(OC)c1c(CNC(=O)c2ccc(N3CCOCC3)cc2)c(=O)c2ccc(Cl)cc2n1-c1ccccc1. The first-order chi connectivity index (χ1) is 18.5. The fourth-order valence-corrected chi connectivity index (χ4v) is 4.89. The number of fused-ring (bicyclic) bond motifs is 1. The number of carbonyl (C=O) groups is 1. The molecular formula is C30H28ClN3O4. The lowest BCUT2D eigenvalue weighted by Crippen LogP contribution is -2.36. The molecule has 3 aromatic carbocycles. The largest absolute Gasteiger partial charge is 0.495 e. The number of amides is 1. The van der Waals surface area contributed by atoms with E-state index in [0.29, 0.717) is 51.7 Å². The first-order valence-corrected chi connectivity index (χ1v) is 12.7. The van der Waals surface area contributed by atoms with Gasteiger partial charge in [0.1, 0.15) is 5.76 Å². The van der Waals surface area contributed by atoms with E-state index in [2.05, 4.69) is 16.8 Å². The Balaban J connectivity index is 1.52. The van der Waals surface area contributed by atoms with Crippen LogP contribution in [0.3, 0.4) is 0 Å². The van der Waals surface area contributed by atoms with Crippen LogP contribution in [0.2, 0.25) is 5.02 Å². The molecule has 1 saturated heterocycles. The summed E-state index contributed by atoms with van der Waals surface area (Å²) in [5.41, 5.74) is 3.60. The number of benzene rings is 3. The molecule has 5 rings (SSSR count). The number of hydrogen-bond donors (Lipinski definition) is 1. The van der Waals surface area contributed by atoms with Crippen LogP contribution in [0.4, 0.5) is 5.69 Å². The molecule has 1 amide bonds. The first-order valence-electron chi connectivity index (χ1n) is 12.3. The number of nitrogens with zero attached hydrogens (tertiary/aromatic N) is 2. The van der Waals surface area contributed by atoms with Gasteiger partial charge in [0.25, 0.3) is 5.91 Å². The maximum atomic E-state index is 13.7. The Morgan fingerprint density at radius 2 is 1.74 bits per heavy atom. The van der Waals surface area contributed by atoms with Crippen LogP contribution in [-0.4, -0.2) is 43.9 Å². The summed E-state index contributed by atoms with van der Waals surface area (Å²) in [5.74, 6) is 0.0151. The Morgan fingerprint density at radius 3 is 2.42 bits per heavy atom. The van der Waals surface area contributed by atoms with Crippen molar-refractivity contribution in [1.29, 1.82) is 0 Å². The summed E-state index contributed by atoms with van der Waals surface area (Å²) in [6.07, 6.45) is 0. The number of nitrogens with one attached hydrogen (secondary N) is 1. The molecule has 0 spiro atoms. The standard InChI is InChI=1S/C30H28ClN3O4/c1-20(37-2)28-26(19-32-30(36)21-8-11-23(12-9-21)33-14-16-38-17-15-33)29(35)25-13-10-22(31)18-27(25)34(28)24-6-4-3-5-7-24/h3-13,18H,1,14-17,19H2,2H3,(H,32,36). The summed E-state index contributed by atoms with van der Waals surface area (Å²) in [5, 5.41) is 3.89. The van der Waals surface area contributed by atoms with Gasteiger partial charge < -0.3 is 24.3 Å². The van der Waals surface area contributed by atoms with Gasteiger partial charge in [-0.3, -0.25) is 9.59 Å². The van der Waals surface area contributed by atoms with E-state index in [4.69, 9.17) is 21.1 Å². The van der Waals surface area contributed by atoms with Gasteiger partial charge in [0.05, 0.1) is 31.5 Å². The molecule has 0 bridgehead atoms. The van der Waals surface area contributed by atoms with Crippen LogP contribution in [0.1, 0.15) is 21.6 Å². The van der Waals surface area contributed by atoms with Gasteiger partial charge in [0.2, 0.25) is 0 Å². The fraction of sp³-hybridized carbons (Fsp3) is 0.200. The molecule has 0 atom stereocenters. The predicted octanol–water partition coefficient (Wildman–Crippen LogP) is 5.03. The monoisotopic (exact) mass is 529 g/mol. The molecule has 0 radical (unpaired) electrons. The van der Waals surface area contributed by atoms with E-state index in [0.717, 1.165) is 24.5 Å². The third kappa shape index (κ3) is 5.03. The number of hydrogen-bond acceptors (Lipinski definition) is 5. The fourth-order valence-electron chi connectivity index (χ4n) is 4.72. The summed E-state index contributed by atoms with van der Waals surface area (Å²) >= 11 is 6.33. The van der Waals surface area contributed by atoms with Gasteiger partial charge >= 0.3 is 0 Å². The second-order valence-electron chi connectivity index (χ2n) is 8.94. The van der Waals surface area contributed by atoms with Crippen LogP contribution < -0.4 is 15.6 Å². The molecule has 0 unspecified atom stereocenters. The number of anilines is 1. The topological polar surface area (TPSA) is 72.8 Å². The number of methoxy groups -OCH3 is 1. The van der Waals surface area contributed by atoms with Crippen LogP contribution in [-0.2, 0) is 16.0 Å². The molecule has 0 aliphatic carbocycles. The van der Waals surface area contributed by atoms with Gasteiger partial charge in [-0.25, -0.2) is 0 Å². The highest BCUT2D eigenvalue weighted by Gasteiger charge is 2.22. The van der Waals surface area contributed by atoms with Crippen molar-refractivity contribution in [1.82, 2.24) is 9.88 Å². The van der Waals surface area contributed by atoms with Gasteiger partial charge in [-0.05, 0) is 54.6 Å². The van der Waals surface area contributed by atoms with Gasteiger partial charge in [-0.2, -0.15) is 0 Å². The highest BCUT2D eigenvalue weighted by molar-refractivity contribution is 6.31.